The van der Waals surface area contributed by atoms with Gasteiger partial charge in [0.2, 0.25) is 0 Å². The first kappa shape index (κ1) is 15.8. The molecule has 0 saturated heterocycles. The van der Waals surface area contributed by atoms with Crippen LogP contribution in [0, 0.1) is 5.82 Å². The average Bonchev–Trinajstić information content (AvgIpc) is 3.09. The van der Waals surface area contributed by atoms with Gasteiger partial charge in [0.15, 0.2) is 0 Å². The Balaban J connectivity index is 1.77. The molecule has 4 heteroatoms. The highest BCUT2D eigenvalue weighted by atomic mass is 35.5. The van der Waals surface area contributed by atoms with E-state index in [9.17, 15) is 4.39 Å². The topological polar surface area (TPSA) is 12.5 Å². The SMILES string of the molecule is CCCCCN1CC2(COc3cc(F)c(Cl)cc32)c2ccccc21. The molecule has 2 aromatic carbocycles. The van der Waals surface area contributed by atoms with E-state index in [1.807, 2.05) is 0 Å². The normalized spacial score (nSPS) is 21.0. The molecule has 2 aliphatic rings. The smallest absolute Gasteiger partial charge is 0.145 e. The Kier molecular flexibility index (Phi) is 3.92. The summed E-state index contributed by atoms with van der Waals surface area (Å²) in [5, 5.41) is 0.167. The second-order valence-corrected chi connectivity index (χ2v) is 7.19. The predicted octanol–water partition coefficient (Wildman–Crippen LogP) is 5.17. The van der Waals surface area contributed by atoms with Crippen molar-refractivity contribution < 1.29 is 9.13 Å². The number of fused-ring (bicyclic) bond motifs is 4. The second-order valence-electron chi connectivity index (χ2n) is 6.78. The summed E-state index contributed by atoms with van der Waals surface area (Å²) in [4.78, 5) is 2.45. The van der Waals surface area contributed by atoms with Gasteiger partial charge in [-0.2, -0.15) is 0 Å². The van der Waals surface area contributed by atoms with Gasteiger partial charge in [-0.3, -0.25) is 0 Å². The van der Waals surface area contributed by atoms with E-state index in [2.05, 4.69) is 36.1 Å². The Bertz CT molecular complexity index is 778. The first-order valence-electron chi connectivity index (χ1n) is 8.62. The molecule has 0 radical (unpaired) electrons. The van der Waals surface area contributed by atoms with E-state index in [4.69, 9.17) is 16.3 Å². The van der Waals surface area contributed by atoms with Gasteiger partial charge < -0.3 is 9.64 Å². The number of anilines is 1. The number of halogens is 2. The van der Waals surface area contributed by atoms with Crippen LogP contribution in [0.4, 0.5) is 10.1 Å². The number of para-hydroxylation sites is 1. The molecule has 126 valence electrons. The second kappa shape index (κ2) is 5.96. The number of hydrogen-bond donors (Lipinski definition) is 0. The zero-order valence-electron chi connectivity index (χ0n) is 13.8. The maximum Gasteiger partial charge on any atom is 0.145 e. The number of nitrogens with zero attached hydrogens (tertiary/aromatic N) is 1. The monoisotopic (exact) mass is 345 g/mol. The average molecular weight is 346 g/mol. The lowest BCUT2D eigenvalue weighted by molar-refractivity contribution is 0.298. The molecule has 2 nitrogen and oxygen atoms in total. The van der Waals surface area contributed by atoms with E-state index in [0.29, 0.717) is 12.4 Å². The molecule has 1 unspecified atom stereocenters. The quantitative estimate of drug-likeness (QED) is 0.709. The van der Waals surface area contributed by atoms with Crippen molar-refractivity contribution in [2.75, 3.05) is 24.6 Å². The summed E-state index contributed by atoms with van der Waals surface area (Å²) in [5.41, 5.74) is 3.31. The van der Waals surface area contributed by atoms with Gasteiger partial charge in [-0.05, 0) is 24.1 Å². The van der Waals surface area contributed by atoms with E-state index in [1.165, 1.54) is 36.6 Å². The molecule has 2 heterocycles. The molecule has 0 aromatic heterocycles. The van der Waals surface area contributed by atoms with E-state index < -0.39 is 5.82 Å². The van der Waals surface area contributed by atoms with Gasteiger partial charge in [0.05, 0.1) is 10.4 Å². The first-order valence-corrected chi connectivity index (χ1v) is 9.00. The summed E-state index contributed by atoms with van der Waals surface area (Å²) in [5.74, 6) is 0.209. The van der Waals surface area contributed by atoms with Crippen molar-refractivity contribution in [1.82, 2.24) is 0 Å². The molecule has 0 aliphatic carbocycles. The van der Waals surface area contributed by atoms with Crippen LogP contribution in [0.1, 0.15) is 37.3 Å². The highest BCUT2D eigenvalue weighted by molar-refractivity contribution is 6.30. The Labute approximate surface area is 147 Å². The van der Waals surface area contributed by atoms with Crippen LogP contribution >= 0.6 is 11.6 Å². The Morgan fingerprint density at radius 3 is 2.88 bits per heavy atom. The van der Waals surface area contributed by atoms with Crippen molar-refractivity contribution in [2.45, 2.75) is 31.6 Å². The number of hydrogen-bond acceptors (Lipinski definition) is 2. The molecule has 0 bridgehead atoms. The van der Waals surface area contributed by atoms with Crippen molar-refractivity contribution in [3.63, 3.8) is 0 Å². The molecule has 2 aromatic rings. The number of benzene rings is 2. The number of unbranched alkanes of at least 4 members (excludes halogenated alkanes) is 2. The third kappa shape index (κ3) is 2.29. The van der Waals surface area contributed by atoms with Gasteiger partial charge in [-0.15, -0.1) is 0 Å². The molecule has 24 heavy (non-hydrogen) atoms. The molecular formula is C20H21ClFNO. The van der Waals surface area contributed by atoms with E-state index in [1.54, 1.807) is 6.07 Å². The zero-order chi connectivity index (χ0) is 16.7. The maximum atomic E-state index is 13.8. The fourth-order valence-corrected chi connectivity index (χ4v) is 4.22. The summed E-state index contributed by atoms with van der Waals surface area (Å²) in [6.45, 7) is 4.67. The van der Waals surface area contributed by atoms with Crippen LogP contribution in [0.25, 0.3) is 0 Å². The third-order valence-corrected chi connectivity index (χ3v) is 5.55. The predicted molar refractivity (Wildman–Crippen MR) is 95.9 cm³/mol. The van der Waals surface area contributed by atoms with Gasteiger partial charge in [-0.25, -0.2) is 4.39 Å². The number of rotatable bonds is 4. The largest absolute Gasteiger partial charge is 0.492 e. The first-order chi connectivity index (χ1) is 11.7. The fraction of sp³-hybridized carbons (Fsp3) is 0.400. The zero-order valence-corrected chi connectivity index (χ0v) is 14.6. The minimum absolute atomic E-state index is 0.167. The highest BCUT2D eigenvalue weighted by Crippen LogP contribution is 2.52. The lowest BCUT2D eigenvalue weighted by Gasteiger charge is -2.25. The molecule has 4 rings (SSSR count). The molecular weight excluding hydrogens is 325 g/mol. The van der Waals surface area contributed by atoms with Crippen molar-refractivity contribution in [2.24, 2.45) is 0 Å². The molecule has 0 N–H and O–H groups in total. The molecule has 1 spiro atoms. The Hall–Kier alpha value is -1.74. The summed E-state index contributed by atoms with van der Waals surface area (Å²) >= 11 is 6.08. The molecule has 0 fully saturated rings. The van der Waals surface area contributed by atoms with Crippen molar-refractivity contribution in [1.29, 1.82) is 0 Å². The van der Waals surface area contributed by atoms with Crippen molar-refractivity contribution in [3.05, 3.63) is 58.4 Å². The molecule has 0 amide bonds. The van der Waals surface area contributed by atoms with Crippen LogP contribution in [-0.2, 0) is 5.41 Å². The summed E-state index contributed by atoms with van der Waals surface area (Å²) in [6.07, 6.45) is 3.62. The minimum atomic E-state index is -0.418. The minimum Gasteiger partial charge on any atom is -0.492 e. The van der Waals surface area contributed by atoms with Gasteiger partial charge in [-0.1, -0.05) is 49.6 Å². The number of ether oxygens (including phenoxy) is 1. The van der Waals surface area contributed by atoms with Crippen molar-refractivity contribution >= 4 is 17.3 Å². The summed E-state index contributed by atoms with van der Waals surface area (Å²) in [7, 11) is 0. The lowest BCUT2D eigenvalue weighted by atomic mass is 9.78. The van der Waals surface area contributed by atoms with Gasteiger partial charge >= 0.3 is 0 Å². The highest BCUT2D eigenvalue weighted by Gasteiger charge is 2.49. The third-order valence-electron chi connectivity index (χ3n) is 5.26. The van der Waals surface area contributed by atoms with Gasteiger partial charge in [0.1, 0.15) is 18.2 Å². The van der Waals surface area contributed by atoms with E-state index >= 15 is 0 Å². The standard InChI is InChI=1S/C20H21ClFNO/c1-2-3-6-9-23-12-20(14-7-4-5-8-18(14)23)13-24-19-11-17(22)16(21)10-15(19)20/h4-5,7-8,10-11H,2-3,6,9,12-13H2,1H3. The van der Waals surface area contributed by atoms with Crippen LogP contribution in [0.2, 0.25) is 5.02 Å². The maximum absolute atomic E-state index is 13.8. The molecule has 0 saturated carbocycles. The van der Waals surface area contributed by atoms with Crippen LogP contribution in [0.5, 0.6) is 5.75 Å². The lowest BCUT2D eigenvalue weighted by Crippen LogP contribution is -2.36. The van der Waals surface area contributed by atoms with Crippen LogP contribution in [-0.4, -0.2) is 19.7 Å². The van der Waals surface area contributed by atoms with Gasteiger partial charge in [0.25, 0.3) is 0 Å². The van der Waals surface area contributed by atoms with Crippen LogP contribution in [0.15, 0.2) is 36.4 Å². The summed E-state index contributed by atoms with van der Waals surface area (Å²) < 4.78 is 19.7. The van der Waals surface area contributed by atoms with Crippen LogP contribution in [0.3, 0.4) is 0 Å². The van der Waals surface area contributed by atoms with Crippen molar-refractivity contribution in [3.8, 4) is 5.75 Å². The van der Waals surface area contributed by atoms with Gasteiger partial charge in [0, 0.05) is 30.4 Å². The molecule has 1 atom stereocenters. The summed E-state index contributed by atoms with van der Waals surface area (Å²) in [6, 6.07) is 11.7. The van der Waals surface area contributed by atoms with Crippen LogP contribution < -0.4 is 9.64 Å². The van der Waals surface area contributed by atoms with E-state index in [0.717, 1.165) is 18.7 Å². The fourth-order valence-electron chi connectivity index (χ4n) is 4.06. The van der Waals surface area contributed by atoms with E-state index in [-0.39, 0.29) is 10.4 Å². The Morgan fingerprint density at radius 1 is 1.21 bits per heavy atom. The molecule has 2 aliphatic heterocycles. The Morgan fingerprint density at radius 2 is 2.04 bits per heavy atom.